The standard InChI is InChI=1S/C31H32F2N2O3/c1-2-20-7-5-8-21(13-20)18-34-19-29(36)28(16-22-14-24(32)17-25(33)15-22)35-31(38)30(37)27-12-6-10-23-9-3-4-11-26(23)27/h3-15,17,28-30,34,36-37H,2,16,18-19H2,1H3,(H,35,38)/t28-,29+,30-/m0/s1. The summed E-state index contributed by atoms with van der Waals surface area (Å²) >= 11 is 0. The van der Waals surface area contributed by atoms with Crippen LogP contribution in [0, 0.1) is 11.6 Å². The SMILES string of the molecule is CCc1cccc(CNC[C@@H](O)[C@H](Cc2cc(F)cc(F)c2)NC(=O)[C@@H](O)c2cccc3ccccc23)c1. The van der Waals surface area contributed by atoms with Crippen molar-refractivity contribution in [2.75, 3.05) is 6.54 Å². The van der Waals surface area contributed by atoms with Gasteiger partial charge < -0.3 is 20.8 Å². The zero-order valence-electron chi connectivity index (χ0n) is 21.2. The van der Waals surface area contributed by atoms with Crippen LogP contribution in [0.3, 0.4) is 0 Å². The summed E-state index contributed by atoms with van der Waals surface area (Å²) in [5.41, 5.74) is 2.96. The van der Waals surface area contributed by atoms with E-state index in [1.807, 2.05) is 48.5 Å². The Balaban J connectivity index is 1.50. The Kier molecular flexibility index (Phi) is 9.18. The van der Waals surface area contributed by atoms with Crippen molar-refractivity contribution in [1.82, 2.24) is 10.6 Å². The fourth-order valence-electron chi connectivity index (χ4n) is 4.62. The maximum absolute atomic E-state index is 13.8. The number of benzene rings is 4. The van der Waals surface area contributed by atoms with Crippen LogP contribution in [-0.2, 0) is 24.2 Å². The van der Waals surface area contributed by atoms with Gasteiger partial charge in [0.2, 0.25) is 0 Å². The highest BCUT2D eigenvalue weighted by atomic mass is 19.1. The van der Waals surface area contributed by atoms with Gasteiger partial charge in [0.05, 0.1) is 12.1 Å². The number of aliphatic hydroxyl groups excluding tert-OH is 2. The highest BCUT2D eigenvalue weighted by Crippen LogP contribution is 2.25. The third kappa shape index (κ3) is 7.01. The van der Waals surface area contributed by atoms with Crippen LogP contribution in [0.15, 0.2) is 84.9 Å². The molecule has 1 amide bonds. The lowest BCUT2D eigenvalue weighted by atomic mass is 9.97. The van der Waals surface area contributed by atoms with Gasteiger partial charge in [-0.2, -0.15) is 0 Å². The number of halogens is 2. The van der Waals surface area contributed by atoms with Gasteiger partial charge in [-0.3, -0.25) is 4.79 Å². The molecule has 0 saturated heterocycles. The lowest BCUT2D eigenvalue weighted by Crippen LogP contribution is -2.50. The van der Waals surface area contributed by atoms with Gasteiger partial charge in [0.1, 0.15) is 11.6 Å². The molecule has 0 aliphatic heterocycles. The Hall–Kier alpha value is -3.65. The smallest absolute Gasteiger partial charge is 0.253 e. The summed E-state index contributed by atoms with van der Waals surface area (Å²) in [4.78, 5) is 13.2. The van der Waals surface area contributed by atoms with Gasteiger partial charge in [0.15, 0.2) is 6.10 Å². The number of amides is 1. The first kappa shape index (κ1) is 27.4. The van der Waals surface area contributed by atoms with Crippen molar-refractivity contribution in [1.29, 1.82) is 0 Å². The normalized spacial score (nSPS) is 13.7. The van der Waals surface area contributed by atoms with Crippen LogP contribution in [0.1, 0.15) is 35.3 Å². The summed E-state index contributed by atoms with van der Waals surface area (Å²) in [7, 11) is 0. The molecular formula is C31H32F2N2O3. The molecular weight excluding hydrogens is 486 g/mol. The van der Waals surface area contributed by atoms with Crippen LogP contribution >= 0.6 is 0 Å². The Morgan fingerprint density at radius 2 is 1.53 bits per heavy atom. The van der Waals surface area contributed by atoms with E-state index < -0.39 is 35.8 Å². The molecule has 0 heterocycles. The van der Waals surface area contributed by atoms with Crippen LogP contribution in [0.5, 0.6) is 0 Å². The molecule has 38 heavy (non-hydrogen) atoms. The lowest BCUT2D eigenvalue weighted by Gasteiger charge is -2.26. The number of rotatable bonds is 11. The number of hydrogen-bond donors (Lipinski definition) is 4. The number of nitrogens with one attached hydrogen (secondary N) is 2. The van der Waals surface area contributed by atoms with Crippen molar-refractivity contribution in [2.24, 2.45) is 0 Å². The van der Waals surface area contributed by atoms with Crippen molar-refractivity contribution >= 4 is 16.7 Å². The zero-order chi connectivity index (χ0) is 27.1. The fraction of sp³-hybridized carbons (Fsp3) is 0.258. The molecule has 198 valence electrons. The quantitative estimate of drug-likeness (QED) is 0.234. The van der Waals surface area contributed by atoms with Crippen molar-refractivity contribution in [2.45, 2.75) is 44.6 Å². The molecule has 0 spiro atoms. The number of carbonyl (C=O) groups is 1. The van der Waals surface area contributed by atoms with Crippen molar-refractivity contribution < 1.29 is 23.8 Å². The molecule has 0 aliphatic rings. The van der Waals surface area contributed by atoms with Gasteiger partial charge in [-0.15, -0.1) is 0 Å². The first-order chi connectivity index (χ1) is 18.3. The number of aliphatic hydroxyl groups is 2. The molecule has 0 aliphatic carbocycles. The molecule has 4 N–H and O–H groups in total. The second-order valence-corrected chi connectivity index (χ2v) is 9.44. The molecule has 4 rings (SSSR count). The first-order valence-electron chi connectivity index (χ1n) is 12.7. The van der Waals surface area contributed by atoms with Crippen LogP contribution in [0.25, 0.3) is 10.8 Å². The Morgan fingerprint density at radius 3 is 2.29 bits per heavy atom. The molecule has 0 radical (unpaired) electrons. The minimum absolute atomic E-state index is 0.0309. The molecule has 0 aromatic heterocycles. The number of carbonyl (C=O) groups excluding carboxylic acids is 1. The average Bonchev–Trinajstić information content (AvgIpc) is 2.91. The van der Waals surface area contributed by atoms with Gasteiger partial charge in [-0.05, 0) is 58.0 Å². The highest BCUT2D eigenvalue weighted by Gasteiger charge is 2.27. The molecule has 0 unspecified atom stereocenters. The van der Waals surface area contributed by atoms with Gasteiger partial charge in [-0.1, -0.05) is 73.7 Å². The van der Waals surface area contributed by atoms with Gasteiger partial charge >= 0.3 is 0 Å². The highest BCUT2D eigenvalue weighted by molar-refractivity contribution is 5.92. The Labute approximate surface area is 221 Å². The summed E-state index contributed by atoms with van der Waals surface area (Å²) in [5, 5.41) is 29.4. The minimum atomic E-state index is -1.50. The summed E-state index contributed by atoms with van der Waals surface area (Å²) < 4.78 is 27.7. The third-order valence-electron chi connectivity index (χ3n) is 6.62. The molecule has 0 saturated carbocycles. The molecule has 4 aromatic carbocycles. The zero-order valence-corrected chi connectivity index (χ0v) is 21.2. The average molecular weight is 519 g/mol. The maximum atomic E-state index is 13.8. The van der Waals surface area contributed by atoms with Crippen molar-refractivity contribution in [3.63, 3.8) is 0 Å². The van der Waals surface area contributed by atoms with Crippen LogP contribution < -0.4 is 10.6 Å². The molecule has 3 atom stereocenters. The Bertz CT molecular complexity index is 1370. The van der Waals surface area contributed by atoms with E-state index in [9.17, 15) is 23.8 Å². The van der Waals surface area contributed by atoms with E-state index in [0.717, 1.165) is 28.8 Å². The van der Waals surface area contributed by atoms with E-state index in [2.05, 4.69) is 23.6 Å². The van der Waals surface area contributed by atoms with Crippen molar-refractivity contribution in [3.05, 3.63) is 119 Å². The van der Waals surface area contributed by atoms with E-state index in [1.54, 1.807) is 12.1 Å². The molecule has 5 nitrogen and oxygen atoms in total. The minimum Gasteiger partial charge on any atom is -0.390 e. The van der Waals surface area contributed by atoms with Crippen LogP contribution in [0.4, 0.5) is 8.78 Å². The Morgan fingerprint density at radius 1 is 0.842 bits per heavy atom. The topological polar surface area (TPSA) is 81.6 Å². The second kappa shape index (κ2) is 12.7. The van der Waals surface area contributed by atoms with E-state index >= 15 is 0 Å². The molecule has 4 aromatic rings. The van der Waals surface area contributed by atoms with E-state index in [1.165, 1.54) is 17.7 Å². The summed E-state index contributed by atoms with van der Waals surface area (Å²) in [6.07, 6.45) is -1.71. The maximum Gasteiger partial charge on any atom is 0.253 e. The monoisotopic (exact) mass is 518 g/mol. The second-order valence-electron chi connectivity index (χ2n) is 9.44. The third-order valence-corrected chi connectivity index (χ3v) is 6.62. The number of fused-ring (bicyclic) bond motifs is 1. The largest absolute Gasteiger partial charge is 0.390 e. The summed E-state index contributed by atoms with van der Waals surface area (Å²) in [6, 6.07) is 23.0. The molecule has 0 bridgehead atoms. The van der Waals surface area contributed by atoms with Crippen LogP contribution in [0.2, 0.25) is 0 Å². The lowest BCUT2D eigenvalue weighted by molar-refractivity contribution is -0.131. The molecule has 0 fully saturated rings. The van der Waals surface area contributed by atoms with Crippen LogP contribution in [-0.4, -0.2) is 34.8 Å². The fourth-order valence-corrected chi connectivity index (χ4v) is 4.62. The first-order valence-corrected chi connectivity index (χ1v) is 12.7. The van der Waals surface area contributed by atoms with Crippen molar-refractivity contribution in [3.8, 4) is 0 Å². The van der Waals surface area contributed by atoms with E-state index in [-0.39, 0.29) is 18.5 Å². The molecule has 7 heteroatoms. The predicted octanol–water partition coefficient (Wildman–Crippen LogP) is 4.59. The van der Waals surface area contributed by atoms with E-state index in [4.69, 9.17) is 0 Å². The number of aryl methyl sites for hydroxylation is 1. The number of hydrogen-bond acceptors (Lipinski definition) is 4. The van der Waals surface area contributed by atoms with Gasteiger partial charge in [-0.25, -0.2) is 8.78 Å². The predicted molar refractivity (Wildman–Crippen MR) is 144 cm³/mol. The van der Waals surface area contributed by atoms with Gasteiger partial charge in [0.25, 0.3) is 5.91 Å². The summed E-state index contributed by atoms with van der Waals surface area (Å²) in [5.74, 6) is -2.20. The van der Waals surface area contributed by atoms with E-state index in [0.29, 0.717) is 12.1 Å². The van der Waals surface area contributed by atoms with Gasteiger partial charge in [0, 0.05) is 19.2 Å². The summed E-state index contributed by atoms with van der Waals surface area (Å²) in [6.45, 7) is 2.69.